The first-order valence-corrected chi connectivity index (χ1v) is 9.33. The lowest BCUT2D eigenvalue weighted by Gasteiger charge is -2.24. The van der Waals surface area contributed by atoms with Gasteiger partial charge in [0.1, 0.15) is 0 Å². The quantitative estimate of drug-likeness (QED) is 0.911. The van der Waals surface area contributed by atoms with Crippen LogP contribution >= 0.6 is 15.9 Å². The molecule has 3 nitrogen and oxygen atoms in total. The third-order valence-corrected chi connectivity index (χ3v) is 5.97. The van der Waals surface area contributed by atoms with E-state index in [1.807, 2.05) is 12.1 Å². The first-order valence-electron chi connectivity index (χ1n) is 6.58. The predicted octanol–water partition coefficient (Wildman–Crippen LogP) is 3.07. The third kappa shape index (κ3) is 3.80. The Labute approximate surface area is 123 Å². The Bertz CT molecular complexity index is 544. The highest BCUT2D eigenvalue weighted by molar-refractivity contribution is 9.10. The summed E-state index contributed by atoms with van der Waals surface area (Å²) in [6, 6.07) is 8.36. The maximum atomic E-state index is 11.8. The van der Waals surface area contributed by atoms with Gasteiger partial charge < -0.3 is 5.32 Å². The number of benzene rings is 1. The van der Waals surface area contributed by atoms with Crippen LogP contribution in [-0.2, 0) is 9.84 Å². The standard InChI is InChI=1S/C14H20BrNO2S/c1-10(11-5-3-6-12(15)9-11)16-13-7-4-8-14(13)19(2,17)18/h3,5-6,9-10,13-14,16H,4,7-8H2,1-2H3/t10-,13?,14?/m1/s1. The summed E-state index contributed by atoms with van der Waals surface area (Å²) in [4.78, 5) is 0. The second-order valence-corrected chi connectivity index (χ2v) is 8.53. The normalized spacial score (nSPS) is 25.4. The molecule has 1 N–H and O–H groups in total. The number of rotatable bonds is 4. The number of hydrogen-bond acceptors (Lipinski definition) is 3. The molecule has 1 saturated carbocycles. The van der Waals surface area contributed by atoms with Gasteiger partial charge in [-0.2, -0.15) is 0 Å². The summed E-state index contributed by atoms with van der Waals surface area (Å²) in [6.45, 7) is 2.08. The van der Waals surface area contributed by atoms with E-state index in [1.165, 1.54) is 11.8 Å². The van der Waals surface area contributed by atoms with Gasteiger partial charge in [0.2, 0.25) is 0 Å². The van der Waals surface area contributed by atoms with Crippen LogP contribution in [-0.4, -0.2) is 26.0 Å². The molecule has 1 aromatic rings. The van der Waals surface area contributed by atoms with Gasteiger partial charge in [0, 0.05) is 22.8 Å². The second kappa shape index (κ2) is 5.94. The van der Waals surface area contributed by atoms with Crippen molar-refractivity contribution in [1.29, 1.82) is 0 Å². The summed E-state index contributed by atoms with van der Waals surface area (Å²) in [7, 11) is -2.96. The molecule has 19 heavy (non-hydrogen) atoms. The molecule has 0 heterocycles. The fourth-order valence-electron chi connectivity index (χ4n) is 2.82. The van der Waals surface area contributed by atoms with Crippen molar-refractivity contribution in [2.45, 2.75) is 43.5 Å². The fraction of sp³-hybridized carbons (Fsp3) is 0.571. The Hall–Kier alpha value is -0.390. The summed E-state index contributed by atoms with van der Waals surface area (Å²) in [5.41, 5.74) is 1.17. The lowest BCUT2D eigenvalue weighted by molar-refractivity contribution is 0.455. The van der Waals surface area contributed by atoms with Crippen LogP contribution in [0.2, 0.25) is 0 Å². The lowest BCUT2D eigenvalue weighted by atomic mass is 10.1. The van der Waals surface area contributed by atoms with E-state index in [1.54, 1.807) is 0 Å². The van der Waals surface area contributed by atoms with E-state index in [0.29, 0.717) is 0 Å². The minimum atomic E-state index is -2.96. The van der Waals surface area contributed by atoms with E-state index >= 15 is 0 Å². The molecule has 1 aromatic carbocycles. The molecule has 1 aliphatic carbocycles. The number of nitrogens with one attached hydrogen (secondary N) is 1. The SMILES string of the molecule is C[C@@H](NC1CCCC1S(C)(=O)=O)c1cccc(Br)c1. The van der Waals surface area contributed by atoms with Crippen LogP contribution in [0.15, 0.2) is 28.7 Å². The minimum Gasteiger partial charge on any atom is -0.306 e. The van der Waals surface area contributed by atoms with Crippen molar-refractivity contribution in [2.75, 3.05) is 6.26 Å². The van der Waals surface area contributed by atoms with Gasteiger partial charge in [-0.25, -0.2) is 8.42 Å². The van der Waals surface area contributed by atoms with E-state index in [9.17, 15) is 8.42 Å². The maximum absolute atomic E-state index is 11.8. The third-order valence-electron chi connectivity index (χ3n) is 3.82. The molecule has 0 aromatic heterocycles. The molecule has 2 unspecified atom stereocenters. The van der Waals surface area contributed by atoms with E-state index in [2.05, 4.69) is 40.3 Å². The first-order chi connectivity index (χ1) is 8.88. The van der Waals surface area contributed by atoms with Crippen molar-refractivity contribution in [3.05, 3.63) is 34.3 Å². The van der Waals surface area contributed by atoms with Crippen molar-refractivity contribution >= 4 is 25.8 Å². The Kier molecular flexibility index (Phi) is 4.69. The van der Waals surface area contributed by atoms with Gasteiger partial charge in [-0.3, -0.25) is 0 Å². The molecule has 0 amide bonds. The van der Waals surface area contributed by atoms with Crippen LogP contribution in [0.1, 0.15) is 37.8 Å². The van der Waals surface area contributed by atoms with Crippen LogP contribution in [0.3, 0.4) is 0 Å². The summed E-state index contributed by atoms with van der Waals surface area (Å²) in [6.07, 6.45) is 4.06. The largest absolute Gasteiger partial charge is 0.306 e. The average molecular weight is 346 g/mol. The molecule has 5 heteroatoms. The molecule has 0 saturated heterocycles. The monoisotopic (exact) mass is 345 g/mol. The van der Waals surface area contributed by atoms with Gasteiger partial charge in [-0.05, 0) is 37.5 Å². The summed E-state index contributed by atoms with van der Waals surface area (Å²) >= 11 is 3.46. The van der Waals surface area contributed by atoms with E-state index in [0.717, 1.165) is 23.7 Å². The Morgan fingerprint density at radius 3 is 2.74 bits per heavy atom. The highest BCUT2D eigenvalue weighted by atomic mass is 79.9. The van der Waals surface area contributed by atoms with Crippen molar-refractivity contribution in [3.63, 3.8) is 0 Å². The molecule has 0 radical (unpaired) electrons. The fourth-order valence-corrected chi connectivity index (χ4v) is 4.65. The molecule has 0 bridgehead atoms. The van der Waals surface area contributed by atoms with E-state index in [4.69, 9.17) is 0 Å². The van der Waals surface area contributed by atoms with Crippen LogP contribution in [0, 0.1) is 0 Å². The molecular weight excluding hydrogens is 326 g/mol. The van der Waals surface area contributed by atoms with Crippen LogP contribution in [0.25, 0.3) is 0 Å². The zero-order valence-electron chi connectivity index (χ0n) is 11.3. The van der Waals surface area contributed by atoms with Gasteiger partial charge in [0.15, 0.2) is 9.84 Å². The molecule has 0 aliphatic heterocycles. The molecular formula is C14H20BrNO2S. The zero-order valence-corrected chi connectivity index (χ0v) is 13.7. The van der Waals surface area contributed by atoms with E-state index < -0.39 is 9.84 Å². The summed E-state index contributed by atoms with van der Waals surface area (Å²) in [5.74, 6) is 0. The number of sulfone groups is 1. The Morgan fingerprint density at radius 2 is 2.11 bits per heavy atom. The van der Waals surface area contributed by atoms with Crippen molar-refractivity contribution in [1.82, 2.24) is 5.32 Å². The van der Waals surface area contributed by atoms with Gasteiger partial charge in [0.05, 0.1) is 5.25 Å². The Morgan fingerprint density at radius 1 is 1.37 bits per heavy atom. The van der Waals surface area contributed by atoms with Gasteiger partial charge >= 0.3 is 0 Å². The molecule has 2 rings (SSSR count). The predicted molar refractivity (Wildman–Crippen MR) is 82.0 cm³/mol. The van der Waals surface area contributed by atoms with Crippen LogP contribution in [0.4, 0.5) is 0 Å². The van der Waals surface area contributed by atoms with Crippen LogP contribution in [0.5, 0.6) is 0 Å². The topological polar surface area (TPSA) is 46.2 Å². The highest BCUT2D eigenvalue weighted by Crippen LogP contribution is 2.28. The molecule has 1 aliphatic rings. The van der Waals surface area contributed by atoms with Crippen LogP contribution < -0.4 is 5.32 Å². The van der Waals surface area contributed by atoms with Crippen molar-refractivity contribution < 1.29 is 8.42 Å². The number of halogens is 1. The van der Waals surface area contributed by atoms with E-state index in [-0.39, 0.29) is 17.3 Å². The van der Waals surface area contributed by atoms with Gasteiger partial charge in [0.25, 0.3) is 0 Å². The smallest absolute Gasteiger partial charge is 0.151 e. The minimum absolute atomic E-state index is 0.0731. The maximum Gasteiger partial charge on any atom is 0.151 e. The molecule has 3 atom stereocenters. The van der Waals surface area contributed by atoms with Crippen molar-refractivity contribution in [3.8, 4) is 0 Å². The number of hydrogen-bond donors (Lipinski definition) is 1. The average Bonchev–Trinajstić information content (AvgIpc) is 2.77. The first kappa shape index (κ1) is 15.0. The lowest BCUT2D eigenvalue weighted by Crippen LogP contribution is -2.41. The zero-order chi connectivity index (χ0) is 14.0. The van der Waals surface area contributed by atoms with Gasteiger partial charge in [-0.1, -0.05) is 34.5 Å². The Balaban J connectivity index is 2.08. The molecule has 1 fully saturated rings. The highest BCUT2D eigenvalue weighted by Gasteiger charge is 2.35. The second-order valence-electron chi connectivity index (χ2n) is 5.35. The summed E-state index contributed by atoms with van der Waals surface area (Å²) < 4.78 is 24.6. The van der Waals surface area contributed by atoms with Crippen molar-refractivity contribution in [2.24, 2.45) is 0 Å². The van der Waals surface area contributed by atoms with Gasteiger partial charge in [-0.15, -0.1) is 0 Å². The molecule has 106 valence electrons. The summed E-state index contributed by atoms with van der Waals surface area (Å²) in [5, 5.41) is 3.24. The molecule has 0 spiro atoms.